The number of nitrogens with one attached hydrogen (secondary N) is 1. The van der Waals surface area contributed by atoms with Crippen molar-refractivity contribution in [1.29, 1.82) is 0 Å². The zero-order chi connectivity index (χ0) is 15.4. The molecule has 3 nitrogen and oxygen atoms in total. The average molecular weight is 283 g/mol. The number of nitrogens with zero attached hydrogens (tertiary/aromatic N) is 2. The van der Waals surface area contributed by atoms with Crippen molar-refractivity contribution in [3.63, 3.8) is 0 Å². The van der Waals surface area contributed by atoms with Gasteiger partial charge in [0.15, 0.2) is 0 Å². The highest BCUT2D eigenvalue weighted by Crippen LogP contribution is 2.27. The van der Waals surface area contributed by atoms with Crippen LogP contribution in [0.15, 0.2) is 18.2 Å². The van der Waals surface area contributed by atoms with Crippen LogP contribution in [0, 0.1) is 20.8 Å². The molecule has 0 saturated carbocycles. The van der Waals surface area contributed by atoms with Crippen LogP contribution >= 0.6 is 0 Å². The van der Waals surface area contributed by atoms with Crippen molar-refractivity contribution in [3.8, 4) is 11.3 Å². The lowest BCUT2D eigenvalue weighted by Gasteiger charge is -2.14. The maximum Gasteiger partial charge on any atom is 0.133 e. The van der Waals surface area contributed by atoms with Crippen LogP contribution in [0.5, 0.6) is 0 Å². The molecule has 0 unspecified atom stereocenters. The fraction of sp³-hybridized carbons (Fsp3) is 0.444. The highest BCUT2D eigenvalue weighted by Gasteiger charge is 2.12. The molecule has 2 rings (SSSR count). The molecule has 0 saturated heterocycles. The molecule has 0 atom stereocenters. The topological polar surface area (TPSA) is 37.8 Å². The normalized spacial score (nSPS) is 10.7. The van der Waals surface area contributed by atoms with E-state index in [1.54, 1.807) is 0 Å². The number of rotatable bonds is 5. The standard InChI is InChI=1S/C18H25N3/c1-6-8-16-20-17(14(5)18(21-16)19-7-2)15-10-9-12(3)13(4)11-15/h9-11H,6-8H2,1-5H3,(H,19,20,21). The second-order valence-corrected chi connectivity index (χ2v) is 5.54. The Bertz CT molecular complexity index is 633. The monoisotopic (exact) mass is 283 g/mol. The van der Waals surface area contributed by atoms with Gasteiger partial charge in [-0.3, -0.25) is 0 Å². The van der Waals surface area contributed by atoms with Gasteiger partial charge < -0.3 is 5.32 Å². The van der Waals surface area contributed by atoms with Crippen LogP contribution in [0.4, 0.5) is 5.82 Å². The third kappa shape index (κ3) is 3.41. The van der Waals surface area contributed by atoms with Crippen LogP contribution in [0.1, 0.15) is 42.8 Å². The van der Waals surface area contributed by atoms with Gasteiger partial charge in [0, 0.05) is 24.1 Å². The molecule has 0 aliphatic carbocycles. The first-order valence-electron chi connectivity index (χ1n) is 7.75. The summed E-state index contributed by atoms with van der Waals surface area (Å²) in [7, 11) is 0. The van der Waals surface area contributed by atoms with Crippen LogP contribution in [0.2, 0.25) is 0 Å². The number of aryl methyl sites for hydroxylation is 3. The van der Waals surface area contributed by atoms with Crippen molar-refractivity contribution >= 4 is 5.82 Å². The first-order chi connectivity index (χ1) is 10.1. The van der Waals surface area contributed by atoms with Gasteiger partial charge in [0.25, 0.3) is 0 Å². The largest absolute Gasteiger partial charge is 0.370 e. The first kappa shape index (κ1) is 15.5. The summed E-state index contributed by atoms with van der Waals surface area (Å²) >= 11 is 0. The van der Waals surface area contributed by atoms with Crippen LogP contribution in [-0.4, -0.2) is 16.5 Å². The molecule has 112 valence electrons. The average Bonchev–Trinajstić information content (AvgIpc) is 2.46. The molecule has 1 N–H and O–H groups in total. The van der Waals surface area contributed by atoms with Crippen LogP contribution < -0.4 is 5.32 Å². The third-order valence-corrected chi connectivity index (χ3v) is 3.79. The van der Waals surface area contributed by atoms with Crippen molar-refractivity contribution < 1.29 is 0 Å². The van der Waals surface area contributed by atoms with E-state index in [1.807, 2.05) is 0 Å². The molecular formula is C18H25N3. The second-order valence-electron chi connectivity index (χ2n) is 5.54. The van der Waals surface area contributed by atoms with Gasteiger partial charge in [-0.15, -0.1) is 0 Å². The van der Waals surface area contributed by atoms with E-state index in [0.29, 0.717) is 0 Å². The Labute approximate surface area is 127 Å². The molecule has 2 aromatic rings. The maximum atomic E-state index is 4.79. The van der Waals surface area contributed by atoms with E-state index in [1.165, 1.54) is 16.7 Å². The summed E-state index contributed by atoms with van der Waals surface area (Å²) in [5, 5.41) is 3.36. The lowest BCUT2D eigenvalue weighted by Crippen LogP contribution is -2.08. The molecule has 0 radical (unpaired) electrons. The fourth-order valence-corrected chi connectivity index (χ4v) is 2.41. The Balaban J connectivity index is 2.56. The van der Waals surface area contributed by atoms with E-state index in [2.05, 4.69) is 63.1 Å². The lowest BCUT2D eigenvalue weighted by atomic mass is 10.0. The van der Waals surface area contributed by atoms with E-state index >= 15 is 0 Å². The summed E-state index contributed by atoms with van der Waals surface area (Å²) in [5.41, 5.74) is 5.96. The van der Waals surface area contributed by atoms with E-state index in [4.69, 9.17) is 4.98 Å². The Morgan fingerprint density at radius 2 is 1.76 bits per heavy atom. The number of benzene rings is 1. The fourth-order valence-electron chi connectivity index (χ4n) is 2.41. The molecule has 0 aliphatic heterocycles. The summed E-state index contributed by atoms with van der Waals surface area (Å²) in [6.45, 7) is 11.5. The SMILES string of the molecule is CCCc1nc(NCC)c(C)c(-c2ccc(C)c(C)c2)n1. The quantitative estimate of drug-likeness (QED) is 0.880. The van der Waals surface area contributed by atoms with Crippen molar-refractivity contribution in [3.05, 3.63) is 40.7 Å². The molecule has 1 aromatic heterocycles. The van der Waals surface area contributed by atoms with Gasteiger partial charge in [0.05, 0.1) is 5.69 Å². The van der Waals surface area contributed by atoms with Gasteiger partial charge in [-0.25, -0.2) is 9.97 Å². The van der Waals surface area contributed by atoms with E-state index in [-0.39, 0.29) is 0 Å². The van der Waals surface area contributed by atoms with Crippen molar-refractivity contribution in [2.24, 2.45) is 0 Å². The summed E-state index contributed by atoms with van der Waals surface area (Å²) in [6, 6.07) is 6.54. The van der Waals surface area contributed by atoms with Crippen molar-refractivity contribution in [2.75, 3.05) is 11.9 Å². The molecule has 3 heteroatoms. The third-order valence-electron chi connectivity index (χ3n) is 3.79. The summed E-state index contributed by atoms with van der Waals surface area (Å²) in [5.74, 6) is 1.89. The number of hydrogen-bond donors (Lipinski definition) is 1. The van der Waals surface area contributed by atoms with Gasteiger partial charge in [-0.05, 0) is 51.3 Å². The molecular weight excluding hydrogens is 258 g/mol. The molecule has 1 aromatic carbocycles. The predicted molar refractivity (Wildman–Crippen MR) is 89.8 cm³/mol. The highest BCUT2D eigenvalue weighted by molar-refractivity contribution is 5.69. The maximum absolute atomic E-state index is 4.79. The molecule has 0 amide bonds. The van der Waals surface area contributed by atoms with Gasteiger partial charge in [-0.1, -0.05) is 19.1 Å². The van der Waals surface area contributed by atoms with E-state index in [0.717, 1.165) is 42.3 Å². The Hall–Kier alpha value is -1.90. The smallest absolute Gasteiger partial charge is 0.133 e. The molecule has 21 heavy (non-hydrogen) atoms. The Kier molecular flexibility index (Phi) is 4.94. The van der Waals surface area contributed by atoms with Crippen LogP contribution in [0.25, 0.3) is 11.3 Å². The molecule has 1 heterocycles. The zero-order valence-corrected chi connectivity index (χ0v) is 13.7. The lowest BCUT2D eigenvalue weighted by molar-refractivity contribution is 0.833. The molecule has 0 spiro atoms. The number of anilines is 1. The summed E-state index contributed by atoms with van der Waals surface area (Å²) < 4.78 is 0. The highest BCUT2D eigenvalue weighted by atomic mass is 15.0. The van der Waals surface area contributed by atoms with Crippen molar-refractivity contribution in [2.45, 2.75) is 47.5 Å². The number of aromatic nitrogens is 2. The minimum Gasteiger partial charge on any atom is -0.370 e. The molecule has 0 aliphatic rings. The summed E-state index contributed by atoms with van der Waals surface area (Å²) in [6.07, 6.45) is 1.97. The Morgan fingerprint density at radius 1 is 1.00 bits per heavy atom. The zero-order valence-electron chi connectivity index (χ0n) is 13.7. The first-order valence-corrected chi connectivity index (χ1v) is 7.75. The van der Waals surface area contributed by atoms with Gasteiger partial charge in [0.1, 0.15) is 11.6 Å². The minimum absolute atomic E-state index is 0.871. The minimum atomic E-state index is 0.871. The van der Waals surface area contributed by atoms with E-state index < -0.39 is 0 Å². The molecule has 0 fully saturated rings. The number of hydrogen-bond acceptors (Lipinski definition) is 3. The Morgan fingerprint density at radius 3 is 2.38 bits per heavy atom. The van der Waals surface area contributed by atoms with Crippen LogP contribution in [0.3, 0.4) is 0 Å². The predicted octanol–water partition coefficient (Wildman–Crippen LogP) is 4.45. The van der Waals surface area contributed by atoms with Gasteiger partial charge in [0.2, 0.25) is 0 Å². The van der Waals surface area contributed by atoms with Crippen molar-refractivity contribution in [1.82, 2.24) is 9.97 Å². The second kappa shape index (κ2) is 6.70. The van der Waals surface area contributed by atoms with Gasteiger partial charge in [-0.2, -0.15) is 0 Å². The van der Waals surface area contributed by atoms with E-state index in [9.17, 15) is 0 Å². The van der Waals surface area contributed by atoms with Gasteiger partial charge >= 0.3 is 0 Å². The van der Waals surface area contributed by atoms with Crippen LogP contribution in [-0.2, 0) is 6.42 Å². The molecule has 0 bridgehead atoms. The summed E-state index contributed by atoms with van der Waals surface area (Å²) in [4.78, 5) is 9.45.